The highest BCUT2D eigenvalue weighted by atomic mass is 16.5. The van der Waals surface area contributed by atoms with E-state index in [1.165, 1.54) is 13.2 Å². The fourth-order valence-corrected chi connectivity index (χ4v) is 2.14. The Labute approximate surface area is 122 Å². The van der Waals surface area contributed by atoms with Crippen molar-refractivity contribution >= 4 is 5.97 Å². The van der Waals surface area contributed by atoms with Crippen LogP contribution in [-0.2, 0) is 11.2 Å². The van der Waals surface area contributed by atoms with Crippen LogP contribution in [0, 0.1) is 0 Å². The number of hydrogen-bond acceptors (Lipinski definition) is 5. The van der Waals surface area contributed by atoms with E-state index < -0.39 is 12.1 Å². The van der Waals surface area contributed by atoms with Gasteiger partial charge in [0.25, 0.3) is 0 Å². The van der Waals surface area contributed by atoms with Crippen molar-refractivity contribution in [1.82, 2.24) is 0 Å². The van der Waals surface area contributed by atoms with Crippen LogP contribution in [0.2, 0.25) is 0 Å². The second-order valence-corrected chi connectivity index (χ2v) is 4.60. The molecular formula is C16H15O5-. The summed E-state index contributed by atoms with van der Waals surface area (Å²) in [6, 6.07) is 11.6. The minimum atomic E-state index is -1.67. The third-order valence-corrected chi connectivity index (χ3v) is 3.21. The molecule has 0 bridgehead atoms. The lowest BCUT2D eigenvalue weighted by atomic mass is 9.96. The monoisotopic (exact) mass is 287 g/mol. The first kappa shape index (κ1) is 14.9. The molecule has 5 nitrogen and oxygen atoms in total. The van der Waals surface area contributed by atoms with Gasteiger partial charge in [-0.05, 0) is 35.2 Å². The zero-order chi connectivity index (χ0) is 15.4. The number of aliphatic carboxylic acids is 1. The number of aliphatic hydroxyl groups is 1. The second kappa shape index (κ2) is 6.28. The molecule has 2 rings (SSSR count). The smallest absolute Gasteiger partial charge is 0.160 e. The number of carboxylic acid groups (broad SMARTS) is 1. The zero-order valence-electron chi connectivity index (χ0n) is 11.4. The molecule has 0 aliphatic heterocycles. The van der Waals surface area contributed by atoms with Crippen molar-refractivity contribution in [3.63, 3.8) is 0 Å². The maximum atomic E-state index is 10.8. The summed E-state index contributed by atoms with van der Waals surface area (Å²) in [4.78, 5) is 10.8. The first-order chi connectivity index (χ1) is 10.0. The molecule has 5 heteroatoms. The average Bonchev–Trinajstić information content (AvgIpc) is 2.49. The van der Waals surface area contributed by atoms with Gasteiger partial charge in [0.05, 0.1) is 13.1 Å². The van der Waals surface area contributed by atoms with E-state index in [1.807, 2.05) is 0 Å². The molecule has 21 heavy (non-hydrogen) atoms. The molecule has 0 spiro atoms. The van der Waals surface area contributed by atoms with Crippen LogP contribution in [0.3, 0.4) is 0 Å². The number of ether oxygens (including phenoxy) is 1. The van der Waals surface area contributed by atoms with E-state index in [0.29, 0.717) is 23.3 Å². The number of phenolic OH excluding ortho intramolecular Hbond substituents is 1. The number of carbonyl (C=O) groups is 1. The molecule has 2 N–H and O–H groups in total. The number of aromatic hydroxyl groups is 1. The maximum absolute atomic E-state index is 10.8. The minimum Gasteiger partial charge on any atom is -0.547 e. The van der Waals surface area contributed by atoms with E-state index in [-0.39, 0.29) is 5.75 Å². The fraction of sp³-hybridized carbons (Fsp3) is 0.188. The number of methoxy groups -OCH3 is 1. The van der Waals surface area contributed by atoms with E-state index in [4.69, 9.17) is 4.74 Å². The van der Waals surface area contributed by atoms with Gasteiger partial charge in [0.15, 0.2) is 11.5 Å². The molecule has 0 saturated carbocycles. The van der Waals surface area contributed by atoms with Crippen LogP contribution in [-0.4, -0.2) is 23.3 Å². The van der Waals surface area contributed by atoms with Gasteiger partial charge in [-0.2, -0.15) is 0 Å². The lowest BCUT2D eigenvalue weighted by molar-refractivity contribution is -0.315. The van der Waals surface area contributed by atoms with E-state index in [1.54, 1.807) is 36.4 Å². The van der Waals surface area contributed by atoms with Crippen molar-refractivity contribution in [2.45, 2.75) is 12.5 Å². The quantitative estimate of drug-likeness (QED) is 0.848. The van der Waals surface area contributed by atoms with E-state index >= 15 is 0 Å². The number of carboxylic acids is 1. The van der Waals surface area contributed by atoms with Gasteiger partial charge in [-0.25, -0.2) is 0 Å². The first-order valence-corrected chi connectivity index (χ1v) is 6.35. The highest BCUT2D eigenvalue weighted by Gasteiger charge is 2.13. The van der Waals surface area contributed by atoms with Crippen molar-refractivity contribution < 1.29 is 24.9 Å². The average molecular weight is 287 g/mol. The molecule has 1 unspecified atom stereocenters. The number of carbonyl (C=O) groups excluding carboxylic acids is 1. The Morgan fingerprint density at radius 1 is 1.29 bits per heavy atom. The van der Waals surface area contributed by atoms with Crippen LogP contribution in [0.25, 0.3) is 0 Å². The van der Waals surface area contributed by atoms with Gasteiger partial charge in [0, 0.05) is 0 Å². The Bertz CT molecular complexity index is 651. The van der Waals surface area contributed by atoms with Crippen LogP contribution in [0.5, 0.6) is 11.5 Å². The molecule has 0 amide bonds. The highest BCUT2D eigenvalue weighted by molar-refractivity contribution is 5.72. The third kappa shape index (κ3) is 3.32. The standard InChI is InChI=1S/C16H16O5/c1-21-14-9-10(6-7-13(14)17)8-11-4-2-3-5-12(11)15(18)16(19)20/h2-7,9,15,17-18H,8H2,1H3,(H,19,20)/p-1. The summed E-state index contributed by atoms with van der Waals surface area (Å²) < 4.78 is 5.04. The normalized spacial score (nSPS) is 11.9. The Kier molecular flexibility index (Phi) is 4.45. The van der Waals surface area contributed by atoms with Crippen molar-refractivity contribution in [2.75, 3.05) is 7.11 Å². The molecule has 1 atom stereocenters. The lowest BCUT2D eigenvalue weighted by Crippen LogP contribution is -2.30. The molecule has 0 fully saturated rings. The highest BCUT2D eigenvalue weighted by Crippen LogP contribution is 2.28. The van der Waals surface area contributed by atoms with Crippen LogP contribution in [0.1, 0.15) is 22.8 Å². The Hall–Kier alpha value is -2.53. The summed E-state index contributed by atoms with van der Waals surface area (Å²) in [6.45, 7) is 0. The number of rotatable bonds is 5. The molecule has 0 aromatic heterocycles. The number of aliphatic hydroxyl groups excluding tert-OH is 1. The lowest BCUT2D eigenvalue weighted by Gasteiger charge is -2.16. The summed E-state index contributed by atoms with van der Waals surface area (Å²) >= 11 is 0. The third-order valence-electron chi connectivity index (χ3n) is 3.21. The Balaban J connectivity index is 2.34. The SMILES string of the molecule is COc1cc(Cc2ccccc2C(O)C(=O)[O-])ccc1O. The Morgan fingerprint density at radius 2 is 2.00 bits per heavy atom. The molecule has 0 radical (unpaired) electrons. The first-order valence-electron chi connectivity index (χ1n) is 6.35. The van der Waals surface area contributed by atoms with Gasteiger partial charge in [-0.1, -0.05) is 30.3 Å². The molecule has 0 aliphatic rings. The number of phenols is 1. The van der Waals surface area contributed by atoms with Gasteiger partial charge >= 0.3 is 0 Å². The largest absolute Gasteiger partial charge is 0.547 e. The van der Waals surface area contributed by atoms with Crippen molar-refractivity contribution in [2.24, 2.45) is 0 Å². The van der Waals surface area contributed by atoms with Crippen molar-refractivity contribution in [3.8, 4) is 11.5 Å². The van der Waals surface area contributed by atoms with E-state index in [0.717, 1.165) is 5.56 Å². The topological polar surface area (TPSA) is 89.8 Å². The van der Waals surface area contributed by atoms with Crippen LogP contribution in [0.4, 0.5) is 0 Å². The number of benzene rings is 2. The maximum Gasteiger partial charge on any atom is 0.160 e. The molecule has 2 aromatic carbocycles. The molecule has 0 saturated heterocycles. The summed E-state index contributed by atoms with van der Waals surface area (Å²) in [6.07, 6.45) is -1.27. The second-order valence-electron chi connectivity index (χ2n) is 4.60. The zero-order valence-corrected chi connectivity index (χ0v) is 11.4. The van der Waals surface area contributed by atoms with E-state index in [9.17, 15) is 20.1 Å². The predicted molar refractivity (Wildman–Crippen MR) is 73.9 cm³/mol. The fourth-order valence-electron chi connectivity index (χ4n) is 2.14. The van der Waals surface area contributed by atoms with Gasteiger partial charge in [-0.15, -0.1) is 0 Å². The summed E-state index contributed by atoms with van der Waals surface area (Å²) in [5, 5.41) is 30.1. The summed E-state index contributed by atoms with van der Waals surface area (Å²) in [5.74, 6) is -1.17. The van der Waals surface area contributed by atoms with Gasteiger partial charge < -0.3 is 24.9 Å². The predicted octanol–water partition coefficient (Wildman–Crippen LogP) is 0.775. The molecule has 0 heterocycles. The van der Waals surface area contributed by atoms with Crippen LogP contribution < -0.4 is 9.84 Å². The van der Waals surface area contributed by atoms with Crippen LogP contribution >= 0.6 is 0 Å². The van der Waals surface area contributed by atoms with E-state index in [2.05, 4.69) is 0 Å². The Morgan fingerprint density at radius 3 is 2.67 bits per heavy atom. The molecule has 110 valence electrons. The van der Waals surface area contributed by atoms with Crippen LogP contribution in [0.15, 0.2) is 42.5 Å². The van der Waals surface area contributed by atoms with Crippen molar-refractivity contribution in [3.05, 3.63) is 59.2 Å². The van der Waals surface area contributed by atoms with Gasteiger partial charge in [0.2, 0.25) is 0 Å². The number of hydrogen-bond donors (Lipinski definition) is 2. The molecule has 0 aliphatic carbocycles. The van der Waals surface area contributed by atoms with Crippen molar-refractivity contribution in [1.29, 1.82) is 0 Å². The summed E-state index contributed by atoms with van der Waals surface area (Å²) in [7, 11) is 1.45. The molecular weight excluding hydrogens is 272 g/mol. The molecule has 2 aromatic rings. The van der Waals surface area contributed by atoms with Gasteiger partial charge in [0.1, 0.15) is 6.10 Å². The minimum absolute atomic E-state index is 0.0318. The summed E-state index contributed by atoms with van der Waals surface area (Å²) in [5.41, 5.74) is 1.79. The van der Waals surface area contributed by atoms with Gasteiger partial charge in [-0.3, -0.25) is 0 Å².